The summed E-state index contributed by atoms with van der Waals surface area (Å²) < 4.78 is 9.45. The zero-order valence-electron chi connectivity index (χ0n) is 17.6. The maximum Gasteiger partial charge on any atom is 0.135 e. The molecule has 0 aliphatic heterocycles. The van der Waals surface area contributed by atoms with E-state index in [1.165, 1.54) is 32.9 Å². The molecule has 0 saturated carbocycles. The highest BCUT2D eigenvalue weighted by molar-refractivity contribution is 9.10. The van der Waals surface area contributed by atoms with Crippen LogP contribution in [0.2, 0.25) is 0 Å². The Morgan fingerprint density at radius 2 is 1.15 bits per heavy atom. The van der Waals surface area contributed by atoms with Crippen molar-refractivity contribution in [3.8, 4) is 16.8 Å². The van der Waals surface area contributed by atoms with E-state index in [9.17, 15) is 0 Å². The van der Waals surface area contributed by atoms with Gasteiger partial charge in [0.25, 0.3) is 0 Å². The first kappa shape index (κ1) is 18.7. The van der Waals surface area contributed by atoms with E-state index in [-0.39, 0.29) is 0 Å². The lowest BCUT2D eigenvalue weighted by Gasteiger charge is -2.08. The van der Waals surface area contributed by atoms with Crippen molar-refractivity contribution in [2.75, 3.05) is 0 Å². The third-order valence-corrected chi connectivity index (χ3v) is 7.00. The Morgan fingerprint density at radius 3 is 2.00 bits per heavy atom. The van der Waals surface area contributed by atoms with Gasteiger partial charge >= 0.3 is 0 Å². The largest absolute Gasteiger partial charge is 0.456 e. The fourth-order valence-corrected chi connectivity index (χ4v) is 5.19. The SMILES string of the molecule is Brc1ccc(-n2c3ccccc3c3cc(-c4ccc5oc6ccccc6c5c4)ccc32)cc1. The van der Waals surface area contributed by atoms with Crippen LogP contribution in [0.5, 0.6) is 0 Å². The van der Waals surface area contributed by atoms with Crippen LogP contribution in [-0.2, 0) is 0 Å². The van der Waals surface area contributed by atoms with Crippen LogP contribution in [0.4, 0.5) is 0 Å². The van der Waals surface area contributed by atoms with Crippen LogP contribution < -0.4 is 0 Å². The minimum atomic E-state index is 0.924. The Labute approximate surface area is 198 Å². The van der Waals surface area contributed by atoms with E-state index < -0.39 is 0 Å². The highest BCUT2D eigenvalue weighted by Gasteiger charge is 2.14. The topological polar surface area (TPSA) is 18.1 Å². The smallest absolute Gasteiger partial charge is 0.135 e. The highest BCUT2D eigenvalue weighted by Crippen LogP contribution is 2.37. The summed E-state index contributed by atoms with van der Waals surface area (Å²) in [6, 6.07) is 38.6. The van der Waals surface area contributed by atoms with Gasteiger partial charge in [-0.15, -0.1) is 0 Å². The number of hydrogen-bond donors (Lipinski definition) is 0. The fraction of sp³-hybridized carbons (Fsp3) is 0. The first-order valence-electron chi connectivity index (χ1n) is 11.0. The summed E-state index contributed by atoms with van der Waals surface area (Å²) in [6.07, 6.45) is 0. The molecular weight excluding hydrogens is 470 g/mol. The maximum absolute atomic E-state index is 6.03. The van der Waals surface area contributed by atoms with Crippen LogP contribution in [0.3, 0.4) is 0 Å². The van der Waals surface area contributed by atoms with Gasteiger partial charge in [-0.3, -0.25) is 0 Å². The van der Waals surface area contributed by atoms with Crippen LogP contribution in [0.25, 0.3) is 60.6 Å². The molecule has 2 heterocycles. The average Bonchev–Trinajstić information content (AvgIpc) is 3.39. The molecule has 7 rings (SSSR count). The van der Waals surface area contributed by atoms with Gasteiger partial charge in [0.2, 0.25) is 0 Å². The van der Waals surface area contributed by atoms with Crippen molar-refractivity contribution in [2.45, 2.75) is 0 Å². The molecule has 3 heteroatoms. The second-order valence-corrected chi connectivity index (χ2v) is 9.29. The molecule has 0 fully saturated rings. The van der Waals surface area contributed by atoms with E-state index in [1.54, 1.807) is 0 Å². The van der Waals surface area contributed by atoms with Crippen LogP contribution >= 0.6 is 15.9 Å². The van der Waals surface area contributed by atoms with E-state index in [2.05, 4.69) is 118 Å². The predicted octanol–water partition coefficient (Wildman–Crippen LogP) is 9.11. The summed E-state index contributed by atoms with van der Waals surface area (Å²) in [5, 5.41) is 4.82. The second kappa shape index (κ2) is 7.09. The standard InChI is InChI=1S/C30H18BrNO/c31-21-11-13-22(14-12-21)32-27-7-3-1-5-23(27)25-17-19(9-15-28(25)32)20-10-16-30-26(18-20)24-6-2-4-8-29(24)33-30/h1-18H. The number of halogens is 1. The lowest BCUT2D eigenvalue weighted by atomic mass is 10.0. The van der Waals surface area contributed by atoms with E-state index >= 15 is 0 Å². The Balaban J connectivity index is 1.47. The molecule has 0 aliphatic rings. The Kier molecular flexibility index (Phi) is 4.02. The summed E-state index contributed by atoms with van der Waals surface area (Å²) in [5.41, 5.74) is 7.82. The van der Waals surface area contributed by atoms with Crippen molar-refractivity contribution in [1.29, 1.82) is 0 Å². The Bertz CT molecular complexity index is 1820. The lowest BCUT2D eigenvalue weighted by Crippen LogP contribution is -1.93. The fourth-order valence-electron chi connectivity index (χ4n) is 4.93. The molecule has 0 spiro atoms. The van der Waals surface area contributed by atoms with Crippen molar-refractivity contribution in [2.24, 2.45) is 0 Å². The molecule has 2 aromatic heterocycles. The van der Waals surface area contributed by atoms with Crippen molar-refractivity contribution >= 4 is 59.7 Å². The first-order valence-corrected chi connectivity index (χ1v) is 11.8. The molecule has 0 atom stereocenters. The normalized spacial score (nSPS) is 11.8. The van der Waals surface area contributed by atoms with Gasteiger partial charge in [-0.05, 0) is 71.8 Å². The molecule has 156 valence electrons. The summed E-state index contributed by atoms with van der Waals surface area (Å²) >= 11 is 3.56. The predicted molar refractivity (Wildman–Crippen MR) is 141 cm³/mol. The molecule has 0 aliphatic carbocycles. The zero-order valence-corrected chi connectivity index (χ0v) is 19.2. The quantitative estimate of drug-likeness (QED) is 0.237. The zero-order chi connectivity index (χ0) is 21.9. The van der Waals surface area contributed by atoms with Crippen LogP contribution in [-0.4, -0.2) is 4.57 Å². The molecule has 33 heavy (non-hydrogen) atoms. The number of rotatable bonds is 2. The van der Waals surface area contributed by atoms with Gasteiger partial charge in [0.1, 0.15) is 11.2 Å². The molecule has 7 aromatic rings. The molecule has 0 unspecified atom stereocenters. The van der Waals surface area contributed by atoms with Gasteiger partial charge in [-0.2, -0.15) is 0 Å². The number of hydrogen-bond acceptors (Lipinski definition) is 1. The van der Waals surface area contributed by atoms with E-state index in [4.69, 9.17) is 4.42 Å². The highest BCUT2D eigenvalue weighted by atomic mass is 79.9. The molecule has 0 radical (unpaired) electrons. The minimum absolute atomic E-state index is 0.924. The van der Waals surface area contributed by atoms with E-state index in [0.717, 1.165) is 32.1 Å². The van der Waals surface area contributed by atoms with E-state index in [1.807, 2.05) is 12.1 Å². The second-order valence-electron chi connectivity index (χ2n) is 8.37. The molecule has 2 nitrogen and oxygen atoms in total. The molecule has 0 saturated heterocycles. The van der Waals surface area contributed by atoms with E-state index in [0.29, 0.717) is 0 Å². The van der Waals surface area contributed by atoms with Gasteiger partial charge in [0.15, 0.2) is 0 Å². The van der Waals surface area contributed by atoms with Crippen molar-refractivity contribution in [3.63, 3.8) is 0 Å². The van der Waals surface area contributed by atoms with Crippen LogP contribution in [0.1, 0.15) is 0 Å². The summed E-state index contributed by atoms with van der Waals surface area (Å²) in [7, 11) is 0. The molecule has 0 N–H and O–H groups in total. The van der Waals surface area contributed by atoms with Gasteiger partial charge in [-0.1, -0.05) is 64.5 Å². The third kappa shape index (κ3) is 2.86. The van der Waals surface area contributed by atoms with Crippen molar-refractivity contribution in [3.05, 3.63) is 114 Å². The summed E-state index contributed by atoms with van der Waals surface area (Å²) in [6.45, 7) is 0. The summed E-state index contributed by atoms with van der Waals surface area (Å²) in [5.74, 6) is 0. The van der Waals surface area contributed by atoms with Gasteiger partial charge < -0.3 is 8.98 Å². The van der Waals surface area contributed by atoms with Crippen molar-refractivity contribution < 1.29 is 4.42 Å². The number of aromatic nitrogens is 1. The molecule has 0 bridgehead atoms. The third-order valence-electron chi connectivity index (χ3n) is 6.47. The maximum atomic E-state index is 6.03. The van der Waals surface area contributed by atoms with Crippen LogP contribution in [0.15, 0.2) is 118 Å². The minimum Gasteiger partial charge on any atom is -0.456 e. The van der Waals surface area contributed by atoms with Gasteiger partial charge in [0, 0.05) is 31.7 Å². The monoisotopic (exact) mass is 487 g/mol. The Morgan fingerprint density at radius 1 is 0.515 bits per heavy atom. The lowest BCUT2D eigenvalue weighted by molar-refractivity contribution is 0.669. The number of benzene rings is 5. The number of nitrogens with zero attached hydrogens (tertiary/aromatic N) is 1. The Hall–Kier alpha value is -3.82. The van der Waals surface area contributed by atoms with Crippen molar-refractivity contribution in [1.82, 2.24) is 4.57 Å². The average molecular weight is 488 g/mol. The van der Waals surface area contributed by atoms with Gasteiger partial charge in [0.05, 0.1) is 11.0 Å². The number of fused-ring (bicyclic) bond motifs is 6. The van der Waals surface area contributed by atoms with Crippen LogP contribution in [0, 0.1) is 0 Å². The molecular formula is C30H18BrNO. The first-order chi connectivity index (χ1) is 16.3. The molecule has 0 amide bonds. The number of para-hydroxylation sites is 2. The molecule has 5 aromatic carbocycles. The number of furan rings is 1. The van der Waals surface area contributed by atoms with Gasteiger partial charge in [-0.25, -0.2) is 0 Å². The summed E-state index contributed by atoms with van der Waals surface area (Å²) in [4.78, 5) is 0.